The number of carbonyl (C=O) groups is 2. The molecule has 23 heavy (non-hydrogen) atoms. The molecule has 2 rings (SSSR count). The molecule has 1 aromatic carbocycles. The van der Waals surface area contributed by atoms with E-state index in [4.69, 9.17) is 0 Å². The number of aliphatic carboxylic acids is 1. The normalized spacial score (nSPS) is 22.0. The fourth-order valence-electron chi connectivity index (χ4n) is 3.25. The number of piperidine rings is 1. The lowest BCUT2D eigenvalue weighted by atomic mass is 9.80. The summed E-state index contributed by atoms with van der Waals surface area (Å²) in [5, 5.41) is 9.19. The molecule has 2 unspecified atom stereocenters. The number of likely N-dealkylation sites (tertiary alicyclic amines) is 1. The molecule has 0 spiro atoms. The monoisotopic (exact) mass is 317 g/mol. The molecule has 1 fully saturated rings. The number of benzene rings is 1. The van der Waals surface area contributed by atoms with Crippen LogP contribution in [0.5, 0.6) is 0 Å². The summed E-state index contributed by atoms with van der Waals surface area (Å²) >= 11 is 0. The van der Waals surface area contributed by atoms with E-state index in [1.54, 1.807) is 4.90 Å². The van der Waals surface area contributed by atoms with Crippen molar-refractivity contribution in [3.05, 3.63) is 35.9 Å². The van der Waals surface area contributed by atoms with Crippen molar-refractivity contribution < 1.29 is 14.7 Å². The van der Waals surface area contributed by atoms with Crippen LogP contribution in [0.3, 0.4) is 0 Å². The zero-order valence-corrected chi connectivity index (χ0v) is 14.3. The second-order valence-corrected chi connectivity index (χ2v) is 7.26. The van der Waals surface area contributed by atoms with E-state index in [-0.39, 0.29) is 17.4 Å². The molecule has 2 atom stereocenters. The van der Waals surface area contributed by atoms with E-state index in [1.807, 2.05) is 25.1 Å². The van der Waals surface area contributed by atoms with E-state index >= 15 is 0 Å². The first-order chi connectivity index (χ1) is 10.8. The number of amides is 1. The minimum atomic E-state index is -0.792. The van der Waals surface area contributed by atoms with Gasteiger partial charge in [0.1, 0.15) is 0 Å². The molecule has 1 N–H and O–H groups in total. The van der Waals surface area contributed by atoms with Gasteiger partial charge in [-0.3, -0.25) is 9.59 Å². The fraction of sp³-hybridized carbons (Fsp3) is 0.579. The molecule has 0 bridgehead atoms. The molecule has 1 aliphatic rings. The van der Waals surface area contributed by atoms with Crippen LogP contribution in [-0.4, -0.2) is 34.5 Å². The van der Waals surface area contributed by atoms with Gasteiger partial charge in [-0.25, -0.2) is 0 Å². The van der Waals surface area contributed by atoms with E-state index in [1.165, 1.54) is 5.56 Å². The van der Waals surface area contributed by atoms with Gasteiger partial charge in [0.05, 0.1) is 5.92 Å². The van der Waals surface area contributed by atoms with Crippen molar-refractivity contribution in [3.63, 3.8) is 0 Å². The van der Waals surface area contributed by atoms with Crippen molar-refractivity contribution in [3.8, 4) is 0 Å². The Morgan fingerprint density at radius 1 is 1.22 bits per heavy atom. The van der Waals surface area contributed by atoms with Gasteiger partial charge >= 0.3 is 5.97 Å². The highest BCUT2D eigenvalue weighted by molar-refractivity contribution is 5.78. The highest BCUT2D eigenvalue weighted by Crippen LogP contribution is 2.30. The van der Waals surface area contributed by atoms with Crippen LogP contribution >= 0.6 is 0 Å². The number of carboxylic acids is 1. The van der Waals surface area contributed by atoms with Crippen LogP contribution in [0.2, 0.25) is 0 Å². The molecule has 126 valence electrons. The Morgan fingerprint density at radius 3 is 2.48 bits per heavy atom. The topological polar surface area (TPSA) is 57.6 Å². The SMILES string of the molecule is CC1CCC(C(=O)O)CN1C(=O)CCC(C)(C)c1ccccc1. The zero-order valence-electron chi connectivity index (χ0n) is 14.3. The van der Waals surface area contributed by atoms with Gasteiger partial charge in [0.25, 0.3) is 0 Å². The Hall–Kier alpha value is -1.84. The summed E-state index contributed by atoms with van der Waals surface area (Å²) in [5.74, 6) is -1.14. The molecule has 0 aromatic heterocycles. The maximum absolute atomic E-state index is 12.6. The van der Waals surface area contributed by atoms with Gasteiger partial charge in [0.2, 0.25) is 5.91 Å². The fourth-order valence-corrected chi connectivity index (χ4v) is 3.25. The molecule has 0 radical (unpaired) electrons. The van der Waals surface area contributed by atoms with E-state index in [0.717, 1.165) is 12.8 Å². The number of hydrogen-bond donors (Lipinski definition) is 1. The number of hydrogen-bond acceptors (Lipinski definition) is 2. The van der Waals surface area contributed by atoms with Gasteiger partial charge in [0, 0.05) is 19.0 Å². The number of nitrogens with zero attached hydrogens (tertiary/aromatic N) is 1. The van der Waals surface area contributed by atoms with Crippen molar-refractivity contribution in [2.75, 3.05) is 6.54 Å². The first-order valence-corrected chi connectivity index (χ1v) is 8.39. The Bertz CT molecular complexity index is 553. The van der Waals surface area contributed by atoms with Crippen LogP contribution in [0, 0.1) is 5.92 Å². The Kier molecular flexibility index (Phi) is 5.45. The summed E-state index contributed by atoms with van der Waals surface area (Å²) in [5.41, 5.74) is 1.16. The second-order valence-electron chi connectivity index (χ2n) is 7.26. The maximum Gasteiger partial charge on any atom is 0.308 e. The molecule has 1 saturated heterocycles. The third-order valence-electron chi connectivity index (χ3n) is 5.07. The van der Waals surface area contributed by atoms with Crippen molar-refractivity contribution >= 4 is 11.9 Å². The molecule has 4 heteroatoms. The summed E-state index contributed by atoms with van der Waals surface area (Å²) in [4.78, 5) is 25.5. The Labute approximate surface area is 138 Å². The average Bonchev–Trinajstić information content (AvgIpc) is 2.53. The van der Waals surface area contributed by atoms with Crippen molar-refractivity contribution in [1.82, 2.24) is 4.90 Å². The van der Waals surface area contributed by atoms with Crippen molar-refractivity contribution in [1.29, 1.82) is 0 Å². The number of rotatable bonds is 5. The second kappa shape index (κ2) is 7.16. The van der Waals surface area contributed by atoms with Crippen LogP contribution in [0.4, 0.5) is 0 Å². The van der Waals surface area contributed by atoms with Gasteiger partial charge in [0.15, 0.2) is 0 Å². The Balaban J connectivity index is 1.97. The van der Waals surface area contributed by atoms with Gasteiger partial charge in [-0.05, 0) is 37.2 Å². The minimum absolute atomic E-state index is 0.0673. The van der Waals surface area contributed by atoms with E-state index < -0.39 is 11.9 Å². The molecule has 1 heterocycles. The molecular weight excluding hydrogens is 290 g/mol. The highest BCUT2D eigenvalue weighted by Gasteiger charge is 2.33. The van der Waals surface area contributed by atoms with Crippen molar-refractivity contribution in [2.45, 2.75) is 57.9 Å². The van der Waals surface area contributed by atoms with E-state index in [9.17, 15) is 14.7 Å². The third kappa shape index (κ3) is 4.34. The molecule has 1 aliphatic heterocycles. The molecule has 4 nitrogen and oxygen atoms in total. The van der Waals surface area contributed by atoms with Crippen LogP contribution < -0.4 is 0 Å². The number of carboxylic acid groups (broad SMARTS) is 1. The maximum atomic E-state index is 12.6. The predicted molar refractivity (Wildman–Crippen MR) is 90.2 cm³/mol. The van der Waals surface area contributed by atoms with Crippen LogP contribution in [0.25, 0.3) is 0 Å². The van der Waals surface area contributed by atoms with Gasteiger partial charge in [-0.15, -0.1) is 0 Å². The first kappa shape index (κ1) is 17.5. The average molecular weight is 317 g/mol. The molecule has 1 amide bonds. The summed E-state index contributed by atoms with van der Waals surface area (Å²) in [6.07, 6.45) is 2.65. The lowest BCUT2D eigenvalue weighted by Gasteiger charge is -2.37. The summed E-state index contributed by atoms with van der Waals surface area (Å²) in [7, 11) is 0. The quantitative estimate of drug-likeness (QED) is 0.905. The summed E-state index contributed by atoms with van der Waals surface area (Å²) in [6, 6.07) is 10.3. The lowest BCUT2D eigenvalue weighted by Crippen LogP contribution is -2.47. The van der Waals surface area contributed by atoms with Crippen LogP contribution in [0.1, 0.15) is 52.0 Å². The number of carbonyl (C=O) groups excluding carboxylic acids is 1. The summed E-state index contributed by atoms with van der Waals surface area (Å²) < 4.78 is 0. The summed E-state index contributed by atoms with van der Waals surface area (Å²) in [6.45, 7) is 6.66. The Morgan fingerprint density at radius 2 is 1.87 bits per heavy atom. The molecular formula is C19H27NO3. The van der Waals surface area contributed by atoms with Crippen LogP contribution in [0.15, 0.2) is 30.3 Å². The standard InChI is InChI=1S/C19H27NO3/c1-14-9-10-15(18(22)23)13-20(14)17(21)11-12-19(2,3)16-7-5-4-6-8-16/h4-8,14-15H,9-13H2,1-3H3,(H,22,23). The molecule has 1 aromatic rings. The minimum Gasteiger partial charge on any atom is -0.481 e. The van der Waals surface area contributed by atoms with Gasteiger partial charge < -0.3 is 10.0 Å². The van der Waals surface area contributed by atoms with Gasteiger partial charge in [-0.2, -0.15) is 0 Å². The lowest BCUT2D eigenvalue weighted by molar-refractivity contribution is -0.147. The van der Waals surface area contributed by atoms with Crippen LogP contribution in [-0.2, 0) is 15.0 Å². The smallest absolute Gasteiger partial charge is 0.308 e. The van der Waals surface area contributed by atoms with E-state index in [2.05, 4.69) is 26.0 Å². The largest absolute Gasteiger partial charge is 0.481 e. The molecule has 0 aliphatic carbocycles. The third-order valence-corrected chi connectivity index (χ3v) is 5.07. The molecule has 0 saturated carbocycles. The highest BCUT2D eigenvalue weighted by atomic mass is 16.4. The zero-order chi connectivity index (χ0) is 17.0. The predicted octanol–water partition coefficient (Wildman–Crippen LogP) is 3.46. The van der Waals surface area contributed by atoms with Crippen molar-refractivity contribution in [2.24, 2.45) is 5.92 Å². The first-order valence-electron chi connectivity index (χ1n) is 8.39. The van der Waals surface area contributed by atoms with E-state index in [0.29, 0.717) is 19.4 Å². The van der Waals surface area contributed by atoms with Gasteiger partial charge in [-0.1, -0.05) is 44.2 Å².